The quantitative estimate of drug-likeness (QED) is 0.279. The van der Waals surface area contributed by atoms with Gasteiger partial charge in [0.1, 0.15) is 5.75 Å². The lowest BCUT2D eigenvalue weighted by molar-refractivity contribution is -0.0190. The van der Waals surface area contributed by atoms with E-state index >= 15 is 0 Å². The van der Waals surface area contributed by atoms with Crippen LogP contribution in [0.1, 0.15) is 67.1 Å². The van der Waals surface area contributed by atoms with Crippen molar-refractivity contribution in [2.45, 2.75) is 51.8 Å². The molecule has 5 rings (SSSR count). The lowest BCUT2D eigenvalue weighted by Gasteiger charge is -2.38. The molecule has 0 N–H and O–H groups in total. The van der Waals surface area contributed by atoms with Crippen LogP contribution in [0.2, 0.25) is 10.0 Å². The highest BCUT2D eigenvalue weighted by Crippen LogP contribution is 2.51. The Balaban J connectivity index is 1.52. The van der Waals surface area contributed by atoms with Crippen LogP contribution in [-0.4, -0.2) is 24.4 Å². The third kappa shape index (κ3) is 4.87. The number of methoxy groups -OCH3 is 1. The zero-order valence-corrected chi connectivity index (χ0v) is 22.3. The largest absolute Gasteiger partial charge is 0.493 e. The van der Waals surface area contributed by atoms with Gasteiger partial charge in [-0.2, -0.15) is 5.10 Å². The zero-order valence-electron chi connectivity index (χ0n) is 20.8. The van der Waals surface area contributed by atoms with Crippen LogP contribution in [0.5, 0.6) is 17.2 Å². The van der Waals surface area contributed by atoms with Crippen molar-refractivity contribution in [3.8, 4) is 17.2 Å². The Morgan fingerprint density at radius 3 is 2.58 bits per heavy atom. The van der Waals surface area contributed by atoms with Gasteiger partial charge in [0.25, 0.3) is 0 Å². The molecule has 3 aromatic carbocycles. The minimum absolute atomic E-state index is 0.0535. The molecular weight excluding hydrogens is 495 g/mol. The zero-order chi connectivity index (χ0) is 25.2. The number of unbranched alkanes of at least 4 members (excludes halogenated alkanes) is 2. The molecule has 7 heteroatoms. The van der Waals surface area contributed by atoms with Crippen molar-refractivity contribution in [2.24, 2.45) is 5.10 Å². The standard InChI is InChI=1S/C29H30Cl2N2O3/c1-4-5-6-13-35-26-12-11-20(14-27(26)34-3)29-33-25(22-15-21(30)16-23(31)28(22)36-29)17-24(32-33)19-9-7-18(2)8-10-19/h7-12,14-16,25,29H,4-6,13,17H2,1-3H3/t25-,29+/m1/s1. The molecule has 188 valence electrons. The van der Waals surface area contributed by atoms with Gasteiger partial charge in [0.2, 0.25) is 6.23 Å². The summed E-state index contributed by atoms with van der Waals surface area (Å²) >= 11 is 13.0. The molecule has 0 fully saturated rings. The van der Waals surface area contributed by atoms with Gasteiger partial charge in [0.05, 0.1) is 30.5 Å². The number of benzene rings is 3. The molecule has 2 atom stereocenters. The fourth-order valence-corrected chi connectivity index (χ4v) is 5.30. The van der Waals surface area contributed by atoms with Crippen LogP contribution in [-0.2, 0) is 0 Å². The Morgan fingerprint density at radius 1 is 1.03 bits per heavy atom. The second kappa shape index (κ2) is 10.6. The van der Waals surface area contributed by atoms with Crippen molar-refractivity contribution in [3.05, 3.63) is 86.9 Å². The molecule has 0 saturated carbocycles. The number of rotatable bonds is 8. The number of aryl methyl sites for hydroxylation is 1. The Kier molecular flexibility index (Phi) is 7.31. The summed E-state index contributed by atoms with van der Waals surface area (Å²) in [7, 11) is 1.65. The first kappa shape index (κ1) is 24.8. The molecule has 3 aromatic rings. The smallest absolute Gasteiger partial charge is 0.214 e. The Morgan fingerprint density at radius 2 is 1.83 bits per heavy atom. The summed E-state index contributed by atoms with van der Waals surface area (Å²) < 4.78 is 18.2. The van der Waals surface area contributed by atoms with Crippen LogP contribution in [0.3, 0.4) is 0 Å². The highest BCUT2D eigenvalue weighted by molar-refractivity contribution is 6.35. The van der Waals surface area contributed by atoms with Gasteiger partial charge in [-0.3, -0.25) is 0 Å². The van der Waals surface area contributed by atoms with Crippen LogP contribution >= 0.6 is 23.2 Å². The monoisotopic (exact) mass is 524 g/mol. The van der Waals surface area contributed by atoms with Gasteiger partial charge in [-0.05, 0) is 49.2 Å². The van der Waals surface area contributed by atoms with Gasteiger partial charge in [0, 0.05) is 22.6 Å². The van der Waals surface area contributed by atoms with E-state index in [0.29, 0.717) is 28.2 Å². The summed E-state index contributed by atoms with van der Waals surface area (Å²) in [5, 5.41) is 8.13. The van der Waals surface area contributed by atoms with E-state index in [9.17, 15) is 0 Å². The summed E-state index contributed by atoms with van der Waals surface area (Å²) in [5.41, 5.74) is 5.15. The molecule has 0 aromatic heterocycles. The van der Waals surface area contributed by atoms with E-state index < -0.39 is 6.23 Å². The molecule has 2 heterocycles. The lowest BCUT2D eigenvalue weighted by atomic mass is 9.95. The van der Waals surface area contributed by atoms with E-state index in [-0.39, 0.29) is 6.04 Å². The molecule has 5 nitrogen and oxygen atoms in total. The maximum absolute atomic E-state index is 6.62. The Labute approximate surface area is 222 Å². The van der Waals surface area contributed by atoms with Crippen LogP contribution < -0.4 is 14.2 Å². The number of hydrazone groups is 1. The van der Waals surface area contributed by atoms with Gasteiger partial charge >= 0.3 is 0 Å². The van der Waals surface area contributed by atoms with Crippen molar-refractivity contribution in [2.75, 3.05) is 13.7 Å². The fourth-order valence-electron chi connectivity index (χ4n) is 4.75. The van der Waals surface area contributed by atoms with Crippen LogP contribution in [0, 0.1) is 6.92 Å². The number of hydrogen-bond acceptors (Lipinski definition) is 5. The SMILES string of the molecule is CCCCCOc1ccc([C@@H]2Oc3c(Cl)cc(Cl)cc3[C@H]3CC(c4ccc(C)cc4)=NN32)cc1OC. The molecule has 36 heavy (non-hydrogen) atoms. The lowest BCUT2D eigenvalue weighted by Crippen LogP contribution is -2.33. The molecular formula is C29H30Cl2N2O3. The Bertz CT molecular complexity index is 1280. The number of fused-ring (bicyclic) bond motifs is 3. The second-order valence-electron chi connectivity index (χ2n) is 9.25. The molecule has 0 aliphatic carbocycles. The fraction of sp³-hybridized carbons (Fsp3) is 0.345. The van der Waals surface area contributed by atoms with Crippen LogP contribution in [0.4, 0.5) is 0 Å². The number of halogens is 2. The molecule has 2 aliphatic rings. The van der Waals surface area contributed by atoms with E-state index in [1.54, 1.807) is 13.2 Å². The van der Waals surface area contributed by atoms with Gasteiger partial charge < -0.3 is 14.2 Å². The highest BCUT2D eigenvalue weighted by atomic mass is 35.5. The van der Waals surface area contributed by atoms with Crippen molar-refractivity contribution in [3.63, 3.8) is 0 Å². The average molecular weight is 525 g/mol. The first-order valence-corrected chi connectivity index (χ1v) is 13.1. The molecule has 0 unspecified atom stereocenters. The molecule has 0 amide bonds. The summed E-state index contributed by atoms with van der Waals surface area (Å²) in [6.07, 6.45) is 3.54. The summed E-state index contributed by atoms with van der Waals surface area (Å²) in [4.78, 5) is 0. The molecule has 0 radical (unpaired) electrons. The average Bonchev–Trinajstić information content (AvgIpc) is 3.33. The van der Waals surface area contributed by atoms with Gasteiger partial charge in [0.15, 0.2) is 11.5 Å². The van der Waals surface area contributed by atoms with E-state index in [1.807, 2.05) is 29.3 Å². The van der Waals surface area contributed by atoms with Gasteiger partial charge in [-0.25, -0.2) is 5.01 Å². The molecule has 0 saturated heterocycles. The Hall–Kier alpha value is -2.89. The summed E-state index contributed by atoms with van der Waals surface area (Å²) in [6.45, 7) is 4.92. The number of nitrogens with zero attached hydrogens (tertiary/aromatic N) is 2. The number of hydrogen-bond donors (Lipinski definition) is 0. The van der Waals surface area contributed by atoms with Crippen molar-refractivity contribution >= 4 is 28.9 Å². The van der Waals surface area contributed by atoms with Crippen molar-refractivity contribution in [1.29, 1.82) is 0 Å². The first-order chi connectivity index (χ1) is 17.5. The number of ether oxygens (including phenoxy) is 3. The predicted molar refractivity (Wildman–Crippen MR) is 145 cm³/mol. The highest BCUT2D eigenvalue weighted by Gasteiger charge is 2.42. The van der Waals surface area contributed by atoms with Crippen molar-refractivity contribution in [1.82, 2.24) is 5.01 Å². The van der Waals surface area contributed by atoms with Gasteiger partial charge in [-0.1, -0.05) is 72.8 Å². The maximum atomic E-state index is 6.62. The van der Waals surface area contributed by atoms with E-state index in [0.717, 1.165) is 53.8 Å². The normalized spacial score (nSPS) is 18.2. The maximum Gasteiger partial charge on any atom is 0.214 e. The summed E-state index contributed by atoms with van der Waals surface area (Å²) in [6, 6.07) is 17.9. The molecule has 0 bridgehead atoms. The van der Waals surface area contributed by atoms with Crippen LogP contribution in [0.25, 0.3) is 0 Å². The molecule has 2 aliphatic heterocycles. The summed E-state index contributed by atoms with van der Waals surface area (Å²) in [5.74, 6) is 2.03. The first-order valence-electron chi connectivity index (χ1n) is 12.4. The van der Waals surface area contributed by atoms with E-state index in [1.165, 1.54) is 5.56 Å². The molecule has 0 spiro atoms. The topological polar surface area (TPSA) is 43.3 Å². The van der Waals surface area contributed by atoms with E-state index in [4.69, 9.17) is 42.5 Å². The third-order valence-corrected chi connectivity index (χ3v) is 7.17. The minimum atomic E-state index is -0.479. The second-order valence-corrected chi connectivity index (χ2v) is 10.1. The van der Waals surface area contributed by atoms with Gasteiger partial charge in [-0.15, -0.1) is 0 Å². The van der Waals surface area contributed by atoms with E-state index in [2.05, 4.69) is 38.1 Å². The minimum Gasteiger partial charge on any atom is -0.493 e. The van der Waals surface area contributed by atoms with Crippen LogP contribution in [0.15, 0.2) is 59.7 Å². The van der Waals surface area contributed by atoms with Crippen molar-refractivity contribution < 1.29 is 14.2 Å². The predicted octanol–water partition coefficient (Wildman–Crippen LogP) is 8.12. The third-order valence-electron chi connectivity index (χ3n) is 6.67.